The molecule has 0 aliphatic carbocycles. The number of hydrogen-bond acceptors (Lipinski definition) is 5. The summed E-state index contributed by atoms with van der Waals surface area (Å²) in [6, 6.07) is 15.1. The minimum absolute atomic E-state index is 0.205. The first-order valence-corrected chi connectivity index (χ1v) is 9.25. The SMILES string of the molecule is Cc1ccc(N2CCn3c2nnc(C(=O)NCc2ccc(Cl)cc2)c3=O)cc1. The van der Waals surface area contributed by atoms with Crippen molar-refractivity contribution in [1.29, 1.82) is 0 Å². The molecule has 0 bridgehead atoms. The Balaban J connectivity index is 1.54. The molecule has 0 fully saturated rings. The number of nitrogens with zero attached hydrogens (tertiary/aromatic N) is 4. The van der Waals surface area contributed by atoms with Crippen LogP contribution in [-0.2, 0) is 13.1 Å². The first kappa shape index (κ1) is 18.2. The molecule has 1 aromatic heterocycles. The molecule has 7 nitrogen and oxygen atoms in total. The van der Waals surface area contributed by atoms with E-state index in [1.54, 1.807) is 12.1 Å². The number of carbonyl (C=O) groups is 1. The molecule has 4 rings (SSSR count). The fourth-order valence-corrected chi connectivity index (χ4v) is 3.22. The average molecular weight is 396 g/mol. The lowest BCUT2D eigenvalue weighted by Gasteiger charge is -2.16. The summed E-state index contributed by atoms with van der Waals surface area (Å²) in [5.74, 6) is -0.0976. The number of benzene rings is 2. The van der Waals surface area contributed by atoms with Gasteiger partial charge in [0.15, 0.2) is 0 Å². The normalized spacial score (nSPS) is 12.7. The molecule has 0 spiro atoms. The van der Waals surface area contributed by atoms with Crippen LogP contribution in [0.4, 0.5) is 11.6 Å². The minimum Gasteiger partial charge on any atom is -0.346 e. The van der Waals surface area contributed by atoms with Crippen molar-refractivity contribution >= 4 is 29.1 Å². The number of aromatic nitrogens is 3. The number of carbonyl (C=O) groups excluding carboxylic acids is 1. The van der Waals surface area contributed by atoms with Gasteiger partial charge in [-0.15, -0.1) is 10.2 Å². The smallest absolute Gasteiger partial charge is 0.286 e. The molecule has 1 N–H and O–H groups in total. The molecule has 1 aliphatic heterocycles. The van der Waals surface area contributed by atoms with Crippen LogP contribution in [0, 0.1) is 6.92 Å². The van der Waals surface area contributed by atoms with E-state index in [0.29, 0.717) is 24.1 Å². The molecule has 28 heavy (non-hydrogen) atoms. The Labute approximate surface area is 166 Å². The second kappa shape index (κ2) is 7.44. The van der Waals surface area contributed by atoms with Gasteiger partial charge in [-0.3, -0.25) is 14.2 Å². The van der Waals surface area contributed by atoms with Crippen molar-refractivity contribution in [3.05, 3.63) is 80.7 Å². The van der Waals surface area contributed by atoms with Gasteiger partial charge in [0.05, 0.1) is 0 Å². The van der Waals surface area contributed by atoms with Gasteiger partial charge in [0.1, 0.15) is 0 Å². The summed E-state index contributed by atoms with van der Waals surface area (Å²) < 4.78 is 1.49. The quantitative estimate of drug-likeness (QED) is 0.734. The molecule has 2 heterocycles. The van der Waals surface area contributed by atoms with Gasteiger partial charge in [0.25, 0.3) is 11.5 Å². The molecule has 8 heteroatoms. The van der Waals surface area contributed by atoms with Crippen LogP contribution in [0.5, 0.6) is 0 Å². The van der Waals surface area contributed by atoms with Crippen LogP contribution in [0.15, 0.2) is 53.3 Å². The Morgan fingerprint density at radius 2 is 1.79 bits per heavy atom. The summed E-state index contributed by atoms with van der Waals surface area (Å²) in [6.45, 7) is 3.34. The Hall–Kier alpha value is -3.19. The second-order valence-corrected chi connectivity index (χ2v) is 7.04. The van der Waals surface area contributed by atoms with Crippen molar-refractivity contribution in [2.45, 2.75) is 20.0 Å². The number of halogens is 1. The van der Waals surface area contributed by atoms with Crippen LogP contribution in [0.1, 0.15) is 21.6 Å². The largest absolute Gasteiger partial charge is 0.346 e. The van der Waals surface area contributed by atoms with Crippen LogP contribution in [0.25, 0.3) is 0 Å². The summed E-state index contributed by atoms with van der Waals surface area (Å²) in [6.07, 6.45) is 0. The van der Waals surface area contributed by atoms with E-state index in [0.717, 1.165) is 16.8 Å². The highest BCUT2D eigenvalue weighted by molar-refractivity contribution is 6.30. The number of nitrogens with one attached hydrogen (secondary N) is 1. The third-order valence-corrected chi connectivity index (χ3v) is 4.90. The monoisotopic (exact) mass is 395 g/mol. The Kier molecular flexibility index (Phi) is 4.83. The van der Waals surface area contributed by atoms with Gasteiger partial charge in [0.2, 0.25) is 11.6 Å². The lowest BCUT2D eigenvalue weighted by molar-refractivity contribution is 0.0942. The Morgan fingerprint density at radius 3 is 2.50 bits per heavy atom. The maximum atomic E-state index is 12.7. The zero-order valence-corrected chi connectivity index (χ0v) is 16.0. The zero-order chi connectivity index (χ0) is 19.7. The predicted octanol–water partition coefficient (Wildman–Crippen LogP) is 2.68. The lowest BCUT2D eigenvalue weighted by Crippen LogP contribution is -2.34. The maximum Gasteiger partial charge on any atom is 0.286 e. The molecule has 3 aromatic rings. The van der Waals surface area contributed by atoms with E-state index in [2.05, 4.69) is 15.5 Å². The molecule has 0 saturated carbocycles. The summed E-state index contributed by atoms with van der Waals surface area (Å²) in [5.41, 5.74) is 2.32. The van der Waals surface area contributed by atoms with Gasteiger partial charge < -0.3 is 10.2 Å². The molecule has 2 aromatic carbocycles. The molecular weight excluding hydrogens is 378 g/mol. The molecule has 1 amide bonds. The summed E-state index contributed by atoms with van der Waals surface area (Å²) in [7, 11) is 0. The lowest BCUT2D eigenvalue weighted by atomic mass is 10.2. The fourth-order valence-electron chi connectivity index (χ4n) is 3.09. The highest BCUT2D eigenvalue weighted by Crippen LogP contribution is 2.26. The first-order chi connectivity index (χ1) is 13.5. The van der Waals surface area contributed by atoms with Crippen molar-refractivity contribution in [1.82, 2.24) is 20.1 Å². The minimum atomic E-state index is -0.545. The van der Waals surface area contributed by atoms with Crippen LogP contribution < -0.4 is 15.8 Å². The van der Waals surface area contributed by atoms with E-state index in [-0.39, 0.29) is 12.2 Å². The van der Waals surface area contributed by atoms with Gasteiger partial charge in [0, 0.05) is 30.3 Å². The van der Waals surface area contributed by atoms with Crippen LogP contribution in [0.2, 0.25) is 5.02 Å². The highest BCUT2D eigenvalue weighted by Gasteiger charge is 2.27. The van der Waals surface area contributed by atoms with Gasteiger partial charge in [-0.1, -0.05) is 41.4 Å². The topological polar surface area (TPSA) is 80.1 Å². The second-order valence-electron chi connectivity index (χ2n) is 6.60. The van der Waals surface area contributed by atoms with Crippen LogP contribution in [0.3, 0.4) is 0 Å². The molecule has 0 radical (unpaired) electrons. The fraction of sp³-hybridized carbons (Fsp3) is 0.200. The maximum absolute atomic E-state index is 12.7. The first-order valence-electron chi connectivity index (χ1n) is 8.87. The Bertz CT molecular complexity index is 1080. The summed E-state index contributed by atoms with van der Waals surface area (Å²) >= 11 is 5.86. The van der Waals surface area contributed by atoms with E-state index in [4.69, 9.17) is 11.6 Å². The number of aryl methyl sites for hydroxylation is 1. The number of amides is 1. The average Bonchev–Trinajstić information content (AvgIpc) is 3.13. The van der Waals surface area contributed by atoms with Gasteiger partial charge in [-0.05, 0) is 36.8 Å². The third-order valence-electron chi connectivity index (χ3n) is 4.64. The van der Waals surface area contributed by atoms with Gasteiger partial charge in [-0.2, -0.15) is 0 Å². The van der Waals surface area contributed by atoms with Crippen LogP contribution >= 0.6 is 11.6 Å². The number of hydrogen-bond donors (Lipinski definition) is 1. The van der Waals surface area contributed by atoms with E-state index < -0.39 is 11.5 Å². The molecular formula is C20H18ClN5O2. The molecule has 0 atom stereocenters. The Morgan fingerprint density at radius 1 is 1.07 bits per heavy atom. The van der Waals surface area contributed by atoms with Crippen molar-refractivity contribution in [3.63, 3.8) is 0 Å². The van der Waals surface area contributed by atoms with E-state index in [9.17, 15) is 9.59 Å². The van der Waals surface area contributed by atoms with Crippen molar-refractivity contribution in [2.24, 2.45) is 0 Å². The van der Waals surface area contributed by atoms with Crippen molar-refractivity contribution in [2.75, 3.05) is 11.4 Å². The summed E-state index contributed by atoms with van der Waals surface area (Å²) in [4.78, 5) is 27.1. The highest BCUT2D eigenvalue weighted by atomic mass is 35.5. The third kappa shape index (κ3) is 3.48. The van der Waals surface area contributed by atoms with Crippen LogP contribution in [-0.4, -0.2) is 27.2 Å². The van der Waals surface area contributed by atoms with Gasteiger partial charge >= 0.3 is 0 Å². The van der Waals surface area contributed by atoms with E-state index in [1.807, 2.05) is 48.2 Å². The van der Waals surface area contributed by atoms with Gasteiger partial charge in [-0.25, -0.2) is 0 Å². The predicted molar refractivity (Wildman–Crippen MR) is 107 cm³/mol. The van der Waals surface area contributed by atoms with E-state index >= 15 is 0 Å². The van der Waals surface area contributed by atoms with E-state index in [1.165, 1.54) is 4.57 Å². The number of fused-ring (bicyclic) bond motifs is 1. The number of rotatable bonds is 4. The molecule has 1 aliphatic rings. The van der Waals surface area contributed by atoms with Crippen molar-refractivity contribution < 1.29 is 4.79 Å². The number of anilines is 2. The zero-order valence-electron chi connectivity index (χ0n) is 15.2. The molecule has 0 saturated heterocycles. The van der Waals surface area contributed by atoms with Crippen molar-refractivity contribution in [3.8, 4) is 0 Å². The molecule has 142 valence electrons. The standard InChI is InChI=1S/C20H18ClN5O2/c1-13-2-8-16(9-3-13)25-10-11-26-19(28)17(23-24-20(25)26)18(27)22-12-14-4-6-15(21)7-5-14/h2-9H,10-12H2,1H3,(H,22,27). The molecule has 0 unspecified atom stereocenters. The summed E-state index contributed by atoms with van der Waals surface area (Å²) in [5, 5.41) is 11.4.